The van der Waals surface area contributed by atoms with E-state index in [0.29, 0.717) is 6.04 Å². The van der Waals surface area contributed by atoms with Gasteiger partial charge in [-0.25, -0.2) is 13.1 Å². The lowest BCUT2D eigenvalue weighted by Gasteiger charge is -2.31. The molecule has 8 heteroatoms. The van der Waals surface area contributed by atoms with E-state index in [1.807, 2.05) is 11.9 Å². The van der Waals surface area contributed by atoms with Crippen molar-refractivity contribution in [2.75, 3.05) is 27.2 Å². The summed E-state index contributed by atoms with van der Waals surface area (Å²) in [4.78, 5) is 14.3. The number of sulfonamides is 1. The van der Waals surface area contributed by atoms with Gasteiger partial charge in [-0.2, -0.15) is 0 Å². The summed E-state index contributed by atoms with van der Waals surface area (Å²) < 4.78 is 25.6. The van der Waals surface area contributed by atoms with Crippen molar-refractivity contribution < 1.29 is 13.2 Å². The number of nitrogens with zero attached hydrogens (tertiary/aromatic N) is 1. The van der Waals surface area contributed by atoms with Crippen LogP contribution in [0.3, 0.4) is 0 Å². The molecule has 1 aromatic carbocycles. The van der Waals surface area contributed by atoms with Gasteiger partial charge in [-0.3, -0.25) is 4.79 Å². The third kappa shape index (κ3) is 5.31. The van der Waals surface area contributed by atoms with Crippen molar-refractivity contribution in [3.8, 4) is 0 Å². The van der Waals surface area contributed by atoms with E-state index in [1.54, 1.807) is 24.3 Å². The van der Waals surface area contributed by atoms with E-state index < -0.39 is 10.0 Å². The standard InChI is InChI=1S/C16H23N3O3S.ClH/c1-17-14-4-3-11-19(12-14)16(20)10-7-13-5-8-15(9-6-13)23(21,22)18-2;/h5-10,14,17-18H,3-4,11-12H2,1-2H3;1H/b10-7+;. The number of likely N-dealkylation sites (tertiary alicyclic amines) is 1. The molecule has 1 heterocycles. The number of hydrogen-bond acceptors (Lipinski definition) is 4. The maximum absolute atomic E-state index is 12.2. The molecule has 1 aromatic rings. The van der Waals surface area contributed by atoms with Crippen molar-refractivity contribution in [2.24, 2.45) is 0 Å². The van der Waals surface area contributed by atoms with Gasteiger partial charge in [0, 0.05) is 25.2 Å². The predicted molar refractivity (Wildman–Crippen MR) is 97.6 cm³/mol. The number of likely N-dealkylation sites (N-methyl/N-ethyl adjacent to an activating group) is 1. The molecule has 0 bridgehead atoms. The summed E-state index contributed by atoms with van der Waals surface area (Å²) in [6, 6.07) is 6.76. The molecule has 2 N–H and O–H groups in total. The van der Waals surface area contributed by atoms with Crippen LogP contribution >= 0.6 is 12.4 Å². The highest BCUT2D eigenvalue weighted by molar-refractivity contribution is 7.89. The van der Waals surface area contributed by atoms with Crippen molar-refractivity contribution in [1.29, 1.82) is 0 Å². The number of piperidine rings is 1. The number of nitrogens with one attached hydrogen (secondary N) is 2. The normalized spacial score (nSPS) is 18.4. The average Bonchev–Trinajstić information content (AvgIpc) is 2.60. The topological polar surface area (TPSA) is 78.5 Å². The summed E-state index contributed by atoms with van der Waals surface area (Å²) in [5, 5.41) is 3.21. The molecule has 6 nitrogen and oxygen atoms in total. The zero-order valence-electron chi connectivity index (χ0n) is 13.9. The van der Waals surface area contributed by atoms with E-state index in [4.69, 9.17) is 0 Å². The Morgan fingerprint density at radius 1 is 1.25 bits per heavy atom. The third-order valence-corrected chi connectivity index (χ3v) is 5.45. The van der Waals surface area contributed by atoms with Crippen LogP contribution in [0.5, 0.6) is 0 Å². The van der Waals surface area contributed by atoms with Crippen LogP contribution in [-0.4, -0.2) is 52.5 Å². The summed E-state index contributed by atoms with van der Waals surface area (Å²) in [6.07, 6.45) is 5.34. The van der Waals surface area contributed by atoms with Crippen LogP contribution in [0.15, 0.2) is 35.2 Å². The largest absolute Gasteiger partial charge is 0.338 e. The molecule has 1 amide bonds. The first-order chi connectivity index (χ1) is 11.0. The molecule has 1 aliphatic heterocycles. The second kappa shape index (κ2) is 9.17. The summed E-state index contributed by atoms with van der Waals surface area (Å²) in [5.74, 6) is -0.0168. The lowest BCUT2D eigenvalue weighted by atomic mass is 10.1. The smallest absolute Gasteiger partial charge is 0.246 e. The highest BCUT2D eigenvalue weighted by Gasteiger charge is 2.20. The molecule has 1 unspecified atom stereocenters. The van der Waals surface area contributed by atoms with Gasteiger partial charge in [-0.05, 0) is 50.7 Å². The van der Waals surface area contributed by atoms with E-state index in [0.717, 1.165) is 31.5 Å². The van der Waals surface area contributed by atoms with Gasteiger partial charge in [0.15, 0.2) is 0 Å². The average molecular weight is 374 g/mol. The Kier molecular flexibility index (Phi) is 7.89. The second-order valence-electron chi connectivity index (χ2n) is 5.52. The molecule has 2 rings (SSSR count). The fourth-order valence-electron chi connectivity index (χ4n) is 2.56. The van der Waals surface area contributed by atoms with Crippen LogP contribution in [-0.2, 0) is 14.8 Å². The second-order valence-corrected chi connectivity index (χ2v) is 7.41. The minimum absolute atomic E-state index is 0. The first kappa shape index (κ1) is 20.6. The highest BCUT2D eigenvalue weighted by atomic mass is 35.5. The van der Waals surface area contributed by atoms with Crippen molar-refractivity contribution in [1.82, 2.24) is 14.9 Å². The molecular formula is C16H24ClN3O3S. The molecule has 0 saturated carbocycles. The summed E-state index contributed by atoms with van der Waals surface area (Å²) in [5.41, 5.74) is 0.788. The zero-order chi connectivity index (χ0) is 16.9. The number of carbonyl (C=O) groups is 1. The zero-order valence-corrected chi connectivity index (χ0v) is 15.5. The minimum atomic E-state index is -3.43. The molecule has 24 heavy (non-hydrogen) atoms. The number of benzene rings is 1. The Bertz CT molecular complexity index is 674. The quantitative estimate of drug-likeness (QED) is 0.761. The lowest BCUT2D eigenvalue weighted by Crippen LogP contribution is -2.46. The summed E-state index contributed by atoms with van der Waals surface area (Å²) in [6.45, 7) is 1.50. The first-order valence-electron chi connectivity index (χ1n) is 7.64. The summed E-state index contributed by atoms with van der Waals surface area (Å²) in [7, 11) is -0.143. The minimum Gasteiger partial charge on any atom is -0.338 e. The van der Waals surface area contributed by atoms with Gasteiger partial charge in [0.1, 0.15) is 0 Å². The van der Waals surface area contributed by atoms with Gasteiger partial charge in [0.2, 0.25) is 15.9 Å². The van der Waals surface area contributed by atoms with E-state index in [1.165, 1.54) is 19.2 Å². The Morgan fingerprint density at radius 3 is 2.50 bits per heavy atom. The molecule has 0 aliphatic carbocycles. The Balaban J connectivity index is 0.00000288. The monoisotopic (exact) mass is 373 g/mol. The molecule has 0 radical (unpaired) electrons. The van der Waals surface area contributed by atoms with Gasteiger partial charge >= 0.3 is 0 Å². The lowest BCUT2D eigenvalue weighted by molar-refractivity contribution is -0.127. The molecular weight excluding hydrogens is 350 g/mol. The number of rotatable bonds is 5. The van der Waals surface area contributed by atoms with Crippen LogP contribution in [0.25, 0.3) is 6.08 Å². The van der Waals surface area contributed by atoms with Crippen LogP contribution < -0.4 is 10.0 Å². The Morgan fingerprint density at radius 2 is 1.92 bits per heavy atom. The number of amides is 1. The van der Waals surface area contributed by atoms with Gasteiger partial charge < -0.3 is 10.2 Å². The highest BCUT2D eigenvalue weighted by Crippen LogP contribution is 2.13. The molecule has 0 aromatic heterocycles. The number of halogens is 1. The maximum atomic E-state index is 12.2. The van der Waals surface area contributed by atoms with Gasteiger partial charge in [0.25, 0.3) is 0 Å². The fourth-order valence-corrected chi connectivity index (χ4v) is 3.29. The molecule has 1 fully saturated rings. The molecule has 1 saturated heterocycles. The Labute approximate surface area is 149 Å². The maximum Gasteiger partial charge on any atom is 0.246 e. The molecule has 1 atom stereocenters. The third-order valence-electron chi connectivity index (χ3n) is 4.02. The van der Waals surface area contributed by atoms with Gasteiger partial charge in [0.05, 0.1) is 4.90 Å². The van der Waals surface area contributed by atoms with Crippen molar-refractivity contribution in [3.05, 3.63) is 35.9 Å². The van der Waals surface area contributed by atoms with Crippen LogP contribution in [0.4, 0.5) is 0 Å². The SMILES string of the molecule is CNC1CCCN(C(=O)/C=C/c2ccc(S(=O)(=O)NC)cc2)C1.Cl. The number of carbonyl (C=O) groups excluding carboxylic acids is 1. The van der Waals surface area contributed by atoms with E-state index in [9.17, 15) is 13.2 Å². The number of hydrogen-bond donors (Lipinski definition) is 2. The van der Waals surface area contributed by atoms with Crippen molar-refractivity contribution in [3.63, 3.8) is 0 Å². The summed E-state index contributed by atoms with van der Waals surface area (Å²) >= 11 is 0. The molecule has 1 aliphatic rings. The Hall–Kier alpha value is -1.41. The van der Waals surface area contributed by atoms with Gasteiger partial charge in [-0.15, -0.1) is 12.4 Å². The van der Waals surface area contributed by atoms with Crippen LogP contribution in [0, 0.1) is 0 Å². The molecule has 134 valence electrons. The first-order valence-corrected chi connectivity index (χ1v) is 9.12. The van der Waals surface area contributed by atoms with Crippen molar-refractivity contribution >= 4 is 34.4 Å². The van der Waals surface area contributed by atoms with E-state index in [-0.39, 0.29) is 23.2 Å². The van der Waals surface area contributed by atoms with Crippen LogP contribution in [0.2, 0.25) is 0 Å². The van der Waals surface area contributed by atoms with E-state index in [2.05, 4.69) is 10.0 Å². The van der Waals surface area contributed by atoms with Gasteiger partial charge in [-0.1, -0.05) is 12.1 Å². The fraction of sp³-hybridized carbons (Fsp3) is 0.438. The van der Waals surface area contributed by atoms with E-state index >= 15 is 0 Å². The predicted octanol–water partition coefficient (Wildman–Crippen LogP) is 1.24. The molecule has 0 spiro atoms. The van der Waals surface area contributed by atoms with Crippen molar-refractivity contribution in [2.45, 2.75) is 23.8 Å². The van der Waals surface area contributed by atoms with Crippen LogP contribution in [0.1, 0.15) is 18.4 Å².